The summed E-state index contributed by atoms with van der Waals surface area (Å²) in [5.41, 5.74) is 6.00. The van der Waals surface area contributed by atoms with Gasteiger partial charge in [0.05, 0.1) is 0 Å². The second kappa shape index (κ2) is 6.02. The topological polar surface area (TPSA) is 53.6 Å². The Kier molecular flexibility index (Phi) is 3.92. The lowest BCUT2D eigenvalue weighted by Crippen LogP contribution is -2.00. The highest BCUT2D eigenvalue weighted by molar-refractivity contribution is 5.62. The zero-order valence-corrected chi connectivity index (χ0v) is 13.1. The van der Waals surface area contributed by atoms with Gasteiger partial charge in [0.1, 0.15) is 5.82 Å². The second-order valence-electron chi connectivity index (χ2n) is 5.60. The van der Waals surface area contributed by atoms with Crippen molar-refractivity contribution in [2.45, 2.75) is 27.3 Å². The first-order valence-corrected chi connectivity index (χ1v) is 7.41. The van der Waals surface area contributed by atoms with Gasteiger partial charge in [0, 0.05) is 17.8 Å². The fraction of sp³-hybridized carbons (Fsp3) is 0.222. The Morgan fingerprint density at radius 1 is 1.00 bits per heavy atom. The van der Waals surface area contributed by atoms with Crippen LogP contribution in [0.1, 0.15) is 22.5 Å². The van der Waals surface area contributed by atoms with Crippen molar-refractivity contribution in [3.63, 3.8) is 0 Å². The number of nitrogens with one attached hydrogen (secondary N) is 2. The fourth-order valence-electron chi connectivity index (χ4n) is 2.36. The molecule has 1 heterocycles. The Morgan fingerprint density at radius 3 is 2.59 bits per heavy atom. The molecule has 22 heavy (non-hydrogen) atoms. The fourth-order valence-corrected chi connectivity index (χ4v) is 2.36. The lowest BCUT2D eigenvalue weighted by atomic mass is 10.1. The molecule has 3 aromatic rings. The van der Waals surface area contributed by atoms with Crippen LogP contribution in [0.5, 0.6) is 0 Å². The van der Waals surface area contributed by atoms with Crippen LogP contribution in [0, 0.1) is 20.8 Å². The van der Waals surface area contributed by atoms with Crippen LogP contribution in [0.3, 0.4) is 0 Å². The van der Waals surface area contributed by atoms with Crippen molar-refractivity contribution >= 4 is 5.69 Å². The quantitative estimate of drug-likeness (QED) is 0.764. The first-order valence-electron chi connectivity index (χ1n) is 7.41. The van der Waals surface area contributed by atoms with Crippen LogP contribution in [0.4, 0.5) is 5.69 Å². The Morgan fingerprint density at radius 2 is 1.86 bits per heavy atom. The summed E-state index contributed by atoms with van der Waals surface area (Å²) < 4.78 is 0. The molecule has 0 bridgehead atoms. The number of nitrogens with zero attached hydrogens (tertiary/aromatic N) is 2. The van der Waals surface area contributed by atoms with Crippen molar-refractivity contribution < 1.29 is 0 Å². The highest BCUT2D eigenvalue weighted by Crippen LogP contribution is 2.20. The van der Waals surface area contributed by atoms with Crippen LogP contribution in [0.2, 0.25) is 0 Å². The van der Waals surface area contributed by atoms with Gasteiger partial charge in [-0.1, -0.05) is 30.3 Å². The highest BCUT2D eigenvalue weighted by atomic mass is 15.2. The summed E-state index contributed by atoms with van der Waals surface area (Å²) in [4.78, 5) is 4.37. The van der Waals surface area contributed by atoms with Crippen LogP contribution >= 0.6 is 0 Å². The Bertz CT molecular complexity index is 789. The van der Waals surface area contributed by atoms with Crippen molar-refractivity contribution in [3.05, 3.63) is 65.0 Å². The number of benzene rings is 2. The largest absolute Gasteiger partial charge is 0.381 e. The molecule has 0 unspecified atom stereocenters. The van der Waals surface area contributed by atoms with Crippen LogP contribution in [-0.4, -0.2) is 15.2 Å². The number of aromatic amines is 1. The van der Waals surface area contributed by atoms with Crippen LogP contribution in [-0.2, 0) is 6.54 Å². The van der Waals surface area contributed by atoms with Gasteiger partial charge in [-0.05, 0) is 49.6 Å². The zero-order chi connectivity index (χ0) is 15.5. The Balaban J connectivity index is 1.74. The number of anilines is 1. The molecule has 0 aliphatic rings. The van der Waals surface area contributed by atoms with Crippen LogP contribution < -0.4 is 5.32 Å². The number of hydrogen-bond acceptors (Lipinski definition) is 3. The highest BCUT2D eigenvalue weighted by Gasteiger charge is 2.04. The van der Waals surface area contributed by atoms with Crippen molar-refractivity contribution in [1.29, 1.82) is 0 Å². The van der Waals surface area contributed by atoms with Gasteiger partial charge in [0.25, 0.3) is 0 Å². The summed E-state index contributed by atoms with van der Waals surface area (Å²) in [6, 6.07) is 14.7. The molecule has 0 amide bonds. The molecular formula is C18H20N4. The Hall–Kier alpha value is -2.62. The number of hydrogen-bond donors (Lipinski definition) is 2. The maximum absolute atomic E-state index is 4.37. The van der Waals surface area contributed by atoms with Gasteiger partial charge in [-0.25, -0.2) is 4.98 Å². The van der Waals surface area contributed by atoms with E-state index >= 15 is 0 Å². The molecule has 0 aliphatic carbocycles. The predicted octanol–water partition coefficient (Wildman–Crippen LogP) is 4.01. The van der Waals surface area contributed by atoms with E-state index in [1.54, 1.807) is 0 Å². The first kappa shape index (κ1) is 14.3. The van der Waals surface area contributed by atoms with Gasteiger partial charge < -0.3 is 5.32 Å². The standard InChI is InChI=1S/C18H20N4/c1-12-7-8-15(9-13(12)2)11-19-17-6-4-5-16(10-17)18-20-14(3)21-22-18/h4-10,19H,11H2,1-3H3,(H,20,21,22). The van der Waals surface area contributed by atoms with Crippen molar-refractivity contribution in [3.8, 4) is 11.4 Å². The maximum Gasteiger partial charge on any atom is 0.181 e. The molecule has 0 radical (unpaired) electrons. The average Bonchev–Trinajstić information content (AvgIpc) is 2.95. The third-order valence-corrected chi connectivity index (χ3v) is 3.79. The molecule has 0 atom stereocenters. The van der Waals surface area contributed by atoms with E-state index in [0.717, 1.165) is 29.4 Å². The minimum atomic E-state index is 0.729. The molecule has 112 valence electrons. The Labute approximate surface area is 130 Å². The van der Waals surface area contributed by atoms with Gasteiger partial charge in [-0.2, -0.15) is 5.10 Å². The van der Waals surface area contributed by atoms with Crippen molar-refractivity contribution in [2.24, 2.45) is 0 Å². The molecule has 0 saturated heterocycles. The zero-order valence-electron chi connectivity index (χ0n) is 13.1. The summed E-state index contributed by atoms with van der Waals surface area (Å²) >= 11 is 0. The maximum atomic E-state index is 4.37. The van der Waals surface area contributed by atoms with Gasteiger partial charge in [0.15, 0.2) is 5.82 Å². The van der Waals surface area contributed by atoms with E-state index < -0.39 is 0 Å². The minimum absolute atomic E-state index is 0.729. The smallest absolute Gasteiger partial charge is 0.181 e. The molecule has 4 nitrogen and oxygen atoms in total. The van der Waals surface area contributed by atoms with Crippen LogP contribution in [0.25, 0.3) is 11.4 Å². The number of H-pyrrole nitrogens is 1. The van der Waals surface area contributed by atoms with Gasteiger partial charge >= 0.3 is 0 Å². The summed E-state index contributed by atoms with van der Waals surface area (Å²) in [7, 11) is 0. The summed E-state index contributed by atoms with van der Waals surface area (Å²) in [5.74, 6) is 1.55. The number of rotatable bonds is 4. The van der Waals surface area contributed by atoms with E-state index in [2.05, 4.69) is 64.7 Å². The molecule has 0 fully saturated rings. The lowest BCUT2D eigenvalue weighted by molar-refractivity contribution is 1.04. The molecule has 2 aromatic carbocycles. The molecule has 2 N–H and O–H groups in total. The second-order valence-corrected chi connectivity index (χ2v) is 5.60. The van der Waals surface area contributed by atoms with Crippen molar-refractivity contribution in [2.75, 3.05) is 5.32 Å². The van der Waals surface area contributed by atoms with Crippen LogP contribution in [0.15, 0.2) is 42.5 Å². The van der Waals surface area contributed by atoms with E-state index in [1.165, 1.54) is 16.7 Å². The number of aryl methyl sites for hydroxylation is 3. The van der Waals surface area contributed by atoms with Gasteiger partial charge in [-0.15, -0.1) is 0 Å². The predicted molar refractivity (Wildman–Crippen MR) is 89.8 cm³/mol. The summed E-state index contributed by atoms with van der Waals surface area (Å²) in [6.07, 6.45) is 0. The SMILES string of the molecule is Cc1nc(-c2cccc(NCc3ccc(C)c(C)c3)c2)n[nH]1. The monoisotopic (exact) mass is 292 g/mol. The molecule has 0 spiro atoms. The van der Waals surface area contributed by atoms with E-state index in [-0.39, 0.29) is 0 Å². The van der Waals surface area contributed by atoms with E-state index in [4.69, 9.17) is 0 Å². The minimum Gasteiger partial charge on any atom is -0.381 e. The van der Waals surface area contributed by atoms with Gasteiger partial charge in [-0.3, -0.25) is 5.10 Å². The molecule has 4 heteroatoms. The molecular weight excluding hydrogens is 272 g/mol. The van der Waals surface area contributed by atoms with E-state index in [1.807, 2.05) is 19.1 Å². The summed E-state index contributed by atoms with van der Waals surface area (Å²) in [5, 5.41) is 10.5. The van der Waals surface area contributed by atoms with Gasteiger partial charge in [0.2, 0.25) is 0 Å². The molecule has 0 aliphatic heterocycles. The van der Waals surface area contributed by atoms with Crippen molar-refractivity contribution in [1.82, 2.24) is 15.2 Å². The van der Waals surface area contributed by atoms with E-state index in [0.29, 0.717) is 0 Å². The normalized spacial score (nSPS) is 10.7. The third kappa shape index (κ3) is 3.17. The summed E-state index contributed by atoms with van der Waals surface area (Å²) in [6.45, 7) is 6.98. The van der Waals surface area contributed by atoms with E-state index in [9.17, 15) is 0 Å². The average molecular weight is 292 g/mol. The molecule has 0 saturated carbocycles. The molecule has 1 aromatic heterocycles. The third-order valence-electron chi connectivity index (χ3n) is 3.79. The number of aromatic nitrogens is 3. The first-order chi connectivity index (χ1) is 10.6. The molecule has 3 rings (SSSR count). The lowest BCUT2D eigenvalue weighted by Gasteiger charge is -2.09.